The van der Waals surface area contributed by atoms with Crippen molar-refractivity contribution in [3.8, 4) is 0 Å². The highest BCUT2D eigenvalue weighted by Crippen LogP contribution is 2.45. The maximum absolute atomic E-state index is 12.5. The van der Waals surface area contributed by atoms with E-state index in [-0.39, 0.29) is 6.04 Å². The highest BCUT2D eigenvalue weighted by atomic mass is 32.2. The third-order valence-electron chi connectivity index (χ3n) is 4.60. The number of hydrogen-bond acceptors (Lipinski definition) is 4. The van der Waals surface area contributed by atoms with Gasteiger partial charge in [0.2, 0.25) is 10.0 Å². The summed E-state index contributed by atoms with van der Waals surface area (Å²) < 4.78 is 28.6. The van der Waals surface area contributed by atoms with Crippen molar-refractivity contribution in [1.29, 1.82) is 0 Å². The van der Waals surface area contributed by atoms with E-state index < -0.39 is 10.0 Å². The second-order valence-corrected chi connectivity index (χ2v) is 9.81. The van der Waals surface area contributed by atoms with E-state index in [1.54, 1.807) is 6.07 Å². The van der Waals surface area contributed by atoms with E-state index in [1.165, 1.54) is 49.9 Å². The molecule has 4 rings (SSSR count). The first kappa shape index (κ1) is 14.2. The van der Waals surface area contributed by atoms with Gasteiger partial charge in [0.05, 0.1) is 0 Å². The van der Waals surface area contributed by atoms with Crippen molar-refractivity contribution in [1.82, 2.24) is 10.0 Å². The summed E-state index contributed by atoms with van der Waals surface area (Å²) in [6.07, 6.45) is 7.25. The van der Waals surface area contributed by atoms with Crippen LogP contribution in [0.1, 0.15) is 43.4 Å². The Bertz CT molecular complexity index is 601. The van der Waals surface area contributed by atoms with Crippen molar-refractivity contribution in [3.05, 3.63) is 17.0 Å². The topological polar surface area (TPSA) is 58.2 Å². The lowest BCUT2D eigenvalue weighted by Crippen LogP contribution is -2.37. The van der Waals surface area contributed by atoms with Crippen LogP contribution in [0.3, 0.4) is 0 Å². The number of rotatable bonds is 8. The molecule has 6 heteroatoms. The van der Waals surface area contributed by atoms with Crippen LogP contribution in [0.2, 0.25) is 0 Å². The van der Waals surface area contributed by atoms with Gasteiger partial charge in [-0.2, -0.15) is 0 Å². The molecule has 0 bridgehead atoms. The summed E-state index contributed by atoms with van der Waals surface area (Å²) in [6.45, 7) is 0.791. The largest absolute Gasteiger partial charge is 0.309 e. The van der Waals surface area contributed by atoms with E-state index in [4.69, 9.17) is 0 Å². The van der Waals surface area contributed by atoms with Gasteiger partial charge in [-0.25, -0.2) is 13.1 Å². The van der Waals surface area contributed by atoms with Crippen LogP contribution in [0.4, 0.5) is 0 Å². The maximum atomic E-state index is 12.5. The molecule has 0 spiro atoms. The highest BCUT2D eigenvalue weighted by molar-refractivity contribution is 7.91. The van der Waals surface area contributed by atoms with Crippen LogP contribution in [0.15, 0.2) is 16.3 Å². The first-order valence-electron chi connectivity index (χ1n) is 7.96. The summed E-state index contributed by atoms with van der Waals surface area (Å²) in [6, 6.07) is 4.54. The van der Waals surface area contributed by atoms with Crippen LogP contribution in [-0.4, -0.2) is 20.5 Å². The van der Waals surface area contributed by atoms with Crippen LogP contribution in [0.5, 0.6) is 0 Å². The van der Waals surface area contributed by atoms with Crippen molar-refractivity contribution >= 4 is 21.4 Å². The number of nitrogens with one attached hydrogen (secondary N) is 2. The van der Waals surface area contributed by atoms with Gasteiger partial charge in [-0.05, 0) is 62.5 Å². The van der Waals surface area contributed by atoms with E-state index in [0.717, 1.165) is 11.4 Å². The molecule has 1 aromatic heterocycles. The molecule has 116 valence electrons. The van der Waals surface area contributed by atoms with Crippen molar-refractivity contribution in [2.75, 3.05) is 0 Å². The van der Waals surface area contributed by atoms with E-state index >= 15 is 0 Å². The van der Waals surface area contributed by atoms with Crippen LogP contribution in [0, 0.1) is 11.8 Å². The maximum Gasteiger partial charge on any atom is 0.250 e. The SMILES string of the molecule is O=S(=O)(NC(C1CC1)C1CC1)c1ccc(CNC2CC2)s1. The third kappa shape index (κ3) is 3.50. The first-order valence-corrected chi connectivity index (χ1v) is 10.3. The van der Waals surface area contributed by atoms with Crippen molar-refractivity contribution < 1.29 is 8.42 Å². The van der Waals surface area contributed by atoms with Gasteiger partial charge in [0.25, 0.3) is 0 Å². The summed E-state index contributed by atoms with van der Waals surface area (Å²) in [5, 5.41) is 3.43. The van der Waals surface area contributed by atoms with Crippen molar-refractivity contribution in [3.63, 3.8) is 0 Å². The molecule has 0 atom stereocenters. The van der Waals surface area contributed by atoms with Gasteiger partial charge >= 0.3 is 0 Å². The first-order chi connectivity index (χ1) is 10.1. The minimum absolute atomic E-state index is 0.185. The lowest BCUT2D eigenvalue weighted by Gasteiger charge is -2.16. The van der Waals surface area contributed by atoms with Crippen molar-refractivity contribution in [2.24, 2.45) is 11.8 Å². The van der Waals surface area contributed by atoms with E-state index in [2.05, 4.69) is 10.0 Å². The predicted octanol–water partition coefficient (Wildman–Crippen LogP) is 2.47. The molecular weight excluding hydrogens is 304 g/mol. The Balaban J connectivity index is 1.42. The lowest BCUT2D eigenvalue weighted by molar-refractivity contribution is 0.472. The van der Waals surface area contributed by atoms with Gasteiger partial charge < -0.3 is 5.32 Å². The van der Waals surface area contributed by atoms with Gasteiger partial charge in [-0.1, -0.05) is 0 Å². The Morgan fingerprint density at radius 3 is 2.33 bits per heavy atom. The van der Waals surface area contributed by atoms with Gasteiger partial charge in [-0.3, -0.25) is 0 Å². The second kappa shape index (κ2) is 5.33. The smallest absolute Gasteiger partial charge is 0.250 e. The van der Waals surface area contributed by atoms with Gasteiger partial charge in [-0.15, -0.1) is 11.3 Å². The van der Waals surface area contributed by atoms with Crippen LogP contribution >= 0.6 is 11.3 Å². The molecule has 1 aromatic rings. The zero-order valence-corrected chi connectivity index (χ0v) is 13.7. The summed E-state index contributed by atoms with van der Waals surface area (Å²) >= 11 is 1.40. The molecule has 4 nitrogen and oxygen atoms in total. The van der Waals surface area contributed by atoms with Gasteiger partial charge in [0.1, 0.15) is 4.21 Å². The Morgan fingerprint density at radius 1 is 1.10 bits per heavy atom. The van der Waals surface area contributed by atoms with Gasteiger partial charge in [0.15, 0.2) is 0 Å². The molecule has 2 N–H and O–H groups in total. The molecule has 0 radical (unpaired) electrons. The quantitative estimate of drug-likeness (QED) is 0.771. The zero-order valence-electron chi connectivity index (χ0n) is 12.0. The molecular formula is C15H22N2O2S2. The summed E-state index contributed by atoms with van der Waals surface area (Å²) in [5.41, 5.74) is 0. The van der Waals surface area contributed by atoms with Crippen molar-refractivity contribution in [2.45, 2.75) is 61.4 Å². The van der Waals surface area contributed by atoms with E-state index in [1.807, 2.05) is 6.07 Å². The standard InChI is InChI=1S/C15H22N2O2S2/c18-21(19,17-15(10-1-2-10)11-3-4-11)14-8-7-13(20-14)9-16-12-5-6-12/h7-8,10-12,15-17H,1-6,9H2. The molecule has 21 heavy (non-hydrogen) atoms. The molecule has 0 aliphatic heterocycles. The minimum atomic E-state index is -3.33. The van der Waals surface area contributed by atoms with Gasteiger partial charge in [0, 0.05) is 23.5 Å². The monoisotopic (exact) mass is 326 g/mol. The third-order valence-corrected chi connectivity index (χ3v) is 7.63. The molecule has 3 fully saturated rings. The molecule has 3 aliphatic rings. The Hall–Kier alpha value is -0.430. The van der Waals surface area contributed by atoms with E-state index in [0.29, 0.717) is 22.1 Å². The normalized spacial score (nSPS) is 22.9. The highest BCUT2D eigenvalue weighted by Gasteiger charge is 2.43. The molecule has 0 amide bonds. The molecule has 0 aromatic carbocycles. The molecule has 3 aliphatic carbocycles. The summed E-state index contributed by atoms with van der Waals surface area (Å²) in [5.74, 6) is 1.17. The number of hydrogen-bond donors (Lipinski definition) is 2. The molecule has 0 saturated heterocycles. The Morgan fingerprint density at radius 2 is 1.76 bits per heavy atom. The molecule has 3 saturated carbocycles. The molecule has 0 unspecified atom stereocenters. The summed E-state index contributed by atoms with van der Waals surface area (Å²) in [4.78, 5) is 1.11. The minimum Gasteiger partial charge on any atom is -0.309 e. The average molecular weight is 326 g/mol. The fourth-order valence-corrected chi connectivity index (χ4v) is 5.55. The Labute approximate surface area is 130 Å². The number of thiophene rings is 1. The molecule has 1 heterocycles. The van der Waals surface area contributed by atoms with E-state index in [9.17, 15) is 8.42 Å². The number of sulfonamides is 1. The zero-order chi connectivity index (χ0) is 14.4. The lowest BCUT2D eigenvalue weighted by atomic mass is 10.1. The predicted molar refractivity (Wildman–Crippen MR) is 83.7 cm³/mol. The fraction of sp³-hybridized carbons (Fsp3) is 0.733. The van der Waals surface area contributed by atoms with Crippen LogP contribution in [0.25, 0.3) is 0 Å². The van der Waals surface area contributed by atoms with Crippen LogP contribution < -0.4 is 10.0 Å². The fourth-order valence-electron chi connectivity index (χ4n) is 2.86. The Kier molecular flexibility index (Phi) is 3.60. The summed E-state index contributed by atoms with van der Waals surface area (Å²) in [7, 11) is -3.33. The second-order valence-electron chi connectivity index (χ2n) is 6.70. The van der Waals surface area contributed by atoms with Crippen LogP contribution in [-0.2, 0) is 16.6 Å². The average Bonchev–Trinajstić information content (AvgIpc) is 3.32.